The second kappa shape index (κ2) is 5.95. The lowest BCUT2D eigenvalue weighted by atomic mass is 10.1. The zero-order valence-corrected chi connectivity index (χ0v) is 12.0. The molecule has 0 saturated heterocycles. The Hall–Kier alpha value is -2.36. The predicted molar refractivity (Wildman–Crippen MR) is 83.2 cm³/mol. The van der Waals surface area contributed by atoms with Crippen LogP contribution in [0.15, 0.2) is 48.7 Å². The smallest absolute Gasteiger partial charge is 0.251 e. The monoisotopic (exact) mass is 281 g/mol. The van der Waals surface area contributed by atoms with Crippen LogP contribution in [-0.4, -0.2) is 16.9 Å². The molecule has 2 aromatic rings. The largest absolute Gasteiger partial charge is 0.377 e. The van der Waals surface area contributed by atoms with E-state index in [1.54, 1.807) is 6.20 Å². The van der Waals surface area contributed by atoms with E-state index in [-0.39, 0.29) is 11.9 Å². The van der Waals surface area contributed by atoms with Crippen molar-refractivity contribution in [1.29, 1.82) is 0 Å². The van der Waals surface area contributed by atoms with Gasteiger partial charge >= 0.3 is 0 Å². The van der Waals surface area contributed by atoms with Crippen LogP contribution in [-0.2, 0) is 0 Å². The lowest BCUT2D eigenvalue weighted by molar-refractivity contribution is 0.0951. The summed E-state index contributed by atoms with van der Waals surface area (Å²) in [7, 11) is 0. The van der Waals surface area contributed by atoms with Crippen LogP contribution in [0.2, 0.25) is 0 Å². The number of nitrogens with one attached hydrogen (secondary N) is 2. The molecule has 108 valence electrons. The van der Waals surface area contributed by atoms with Gasteiger partial charge in [-0.2, -0.15) is 0 Å². The summed E-state index contributed by atoms with van der Waals surface area (Å²) in [6.45, 7) is 2.05. The molecule has 1 heterocycles. The predicted octanol–water partition coefficient (Wildman–Crippen LogP) is 3.15. The van der Waals surface area contributed by atoms with Crippen LogP contribution in [0.25, 0.3) is 0 Å². The first-order valence-electron chi connectivity index (χ1n) is 7.31. The molecular formula is C17H19N3O. The number of pyridine rings is 1. The Morgan fingerprint density at radius 1 is 1.24 bits per heavy atom. The summed E-state index contributed by atoms with van der Waals surface area (Å²) in [5.41, 5.74) is 2.60. The van der Waals surface area contributed by atoms with Crippen LogP contribution < -0.4 is 10.6 Å². The summed E-state index contributed by atoms with van der Waals surface area (Å²) in [5, 5.41) is 6.38. The van der Waals surface area contributed by atoms with Crippen LogP contribution in [0.4, 0.5) is 5.69 Å². The number of carbonyl (C=O) groups is 1. The number of amides is 1. The highest BCUT2D eigenvalue weighted by Crippen LogP contribution is 2.21. The molecule has 3 rings (SSSR count). The first kappa shape index (κ1) is 13.6. The molecule has 0 radical (unpaired) electrons. The number of nitrogens with zero attached hydrogens (tertiary/aromatic N) is 1. The van der Waals surface area contributed by atoms with Gasteiger partial charge in [-0.3, -0.25) is 9.78 Å². The molecule has 1 atom stereocenters. The van der Waals surface area contributed by atoms with Gasteiger partial charge in [-0.25, -0.2) is 0 Å². The topological polar surface area (TPSA) is 54.0 Å². The molecule has 1 fully saturated rings. The van der Waals surface area contributed by atoms with Gasteiger partial charge in [0.15, 0.2) is 0 Å². The van der Waals surface area contributed by atoms with Crippen molar-refractivity contribution in [3.8, 4) is 0 Å². The van der Waals surface area contributed by atoms with E-state index in [1.165, 1.54) is 0 Å². The Morgan fingerprint density at radius 2 is 2.10 bits per heavy atom. The van der Waals surface area contributed by atoms with E-state index in [9.17, 15) is 4.79 Å². The standard InChI is InChI=1S/C17H19N3O/c1-12(16-7-2-3-10-18-16)19-15-6-4-5-13(11-15)17(21)20-14-8-9-14/h2-7,10-12,14,19H,8-9H2,1H3,(H,20,21). The summed E-state index contributed by atoms with van der Waals surface area (Å²) in [6.07, 6.45) is 3.98. The van der Waals surface area contributed by atoms with Gasteiger partial charge < -0.3 is 10.6 Å². The minimum Gasteiger partial charge on any atom is -0.377 e. The summed E-state index contributed by atoms with van der Waals surface area (Å²) in [5.74, 6) is 0.00615. The lowest BCUT2D eigenvalue weighted by Crippen LogP contribution is -2.25. The molecule has 1 aliphatic carbocycles. The fourth-order valence-electron chi connectivity index (χ4n) is 2.20. The maximum absolute atomic E-state index is 12.1. The number of benzene rings is 1. The second-order valence-electron chi connectivity index (χ2n) is 5.45. The molecule has 1 amide bonds. The van der Waals surface area contributed by atoms with Crippen molar-refractivity contribution in [2.75, 3.05) is 5.32 Å². The van der Waals surface area contributed by atoms with E-state index in [0.29, 0.717) is 11.6 Å². The summed E-state index contributed by atoms with van der Waals surface area (Å²) < 4.78 is 0. The Labute approximate surface area is 124 Å². The van der Waals surface area contributed by atoms with Crippen molar-refractivity contribution < 1.29 is 4.79 Å². The van der Waals surface area contributed by atoms with Gasteiger partial charge in [-0.15, -0.1) is 0 Å². The Morgan fingerprint density at radius 3 is 2.81 bits per heavy atom. The first-order valence-corrected chi connectivity index (χ1v) is 7.31. The molecule has 1 aliphatic rings. The third kappa shape index (κ3) is 3.60. The van der Waals surface area contributed by atoms with Gasteiger partial charge in [0, 0.05) is 23.5 Å². The van der Waals surface area contributed by atoms with Crippen LogP contribution in [0.1, 0.15) is 41.9 Å². The molecule has 0 spiro atoms. The third-order valence-corrected chi connectivity index (χ3v) is 3.55. The van der Waals surface area contributed by atoms with Crippen LogP contribution >= 0.6 is 0 Å². The van der Waals surface area contributed by atoms with Crippen molar-refractivity contribution in [3.05, 3.63) is 59.9 Å². The molecule has 4 heteroatoms. The number of anilines is 1. The average molecular weight is 281 g/mol. The molecule has 4 nitrogen and oxygen atoms in total. The van der Waals surface area contributed by atoms with Crippen molar-refractivity contribution in [1.82, 2.24) is 10.3 Å². The normalized spacial score (nSPS) is 15.3. The maximum Gasteiger partial charge on any atom is 0.251 e. The molecular weight excluding hydrogens is 262 g/mol. The Balaban J connectivity index is 1.69. The molecule has 1 unspecified atom stereocenters. The van der Waals surface area contributed by atoms with E-state index in [1.807, 2.05) is 42.5 Å². The Kier molecular flexibility index (Phi) is 3.86. The number of rotatable bonds is 5. The van der Waals surface area contributed by atoms with Crippen molar-refractivity contribution in [2.24, 2.45) is 0 Å². The number of aromatic nitrogens is 1. The van der Waals surface area contributed by atoms with E-state index >= 15 is 0 Å². The van der Waals surface area contributed by atoms with Crippen LogP contribution in [0.3, 0.4) is 0 Å². The van der Waals surface area contributed by atoms with Gasteiger partial charge in [0.25, 0.3) is 5.91 Å². The second-order valence-corrected chi connectivity index (χ2v) is 5.45. The van der Waals surface area contributed by atoms with Crippen LogP contribution in [0.5, 0.6) is 0 Å². The molecule has 2 N–H and O–H groups in total. The van der Waals surface area contributed by atoms with Crippen LogP contribution in [0, 0.1) is 0 Å². The minimum atomic E-state index is 0.00615. The SMILES string of the molecule is CC(Nc1cccc(C(=O)NC2CC2)c1)c1ccccn1. The highest BCUT2D eigenvalue weighted by Gasteiger charge is 2.23. The molecule has 1 aromatic heterocycles. The number of hydrogen-bond donors (Lipinski definition) is 2. The van der Waals surface area contributed by atoms with Crippen molar-refractivity contribution in [2.45, 2.75) is 31.8 Å². The van der Waals surface area contributed by atoms with E-state index in [4.69, 9.17) is 0 Å². The maximum atomic E-state index is 12.1. The lowest BCUT2D eigenvalue weighted by Gasteiger charge is -2.15. The van der Waals surface area contributed by atoms with Gasteiger partial charge in [-0.05, 0) is 50.1 Å². The first-order chi connectivity index (χ1) is 10.2. The summed E-state index contributed by atoms with van der Waals surface area (Å²) >= 11 is 0. The zero-order chi connectivity index (χ0) is 14.7. The quantitative estimate of drug-likeness (QED) is 0.885. The molecule has 21 heavy (non-hydrogen) atoms. The van der Waals surface area contributed by atoms with Gasteiger partial charge in [0.1, 0.15) is 0 Å². The molecule has 1 aromatic carbocycles. The van der Waals surface area contributed by atoms with Crippen molar-refractivity contribution in [3.63, 3.8) is 0 Å². The molecule has 0 bridgehead atoms. The van der Waals surface area contributed by atoms with Gasteiger partial charge in [-0.1, -0.05) is 12.1 Å². The fraction of sp³-hybridized carbons (Fsp3) is 0.294. The summed E-state index contributed by atoms with van der Waals surface area (Å²) in [6, 6.07) is 13.9. The third-order valence-electron chi connectivity index (χ3n) is 3.55. The van der Waals surface area contributed by atoms with E-state index < -0.39 is 0 Å². The summed E-state index contributed by atoms with van der Waals surface area (Å²) in [4.78, 5) is 16.4. The number of hydrogen-bond acceptors (Lipinski definition) is 3. The van der Waals surface area contributed by atoms with Gasteiger partial charge in [0.2, 0.25) is 0 Å². The fourth-order valence-corrected chi connectivity index (χ4v) is 2.20. The van der Waals surface area contributed by atoms with Crippen molar-refractivity contribution >= 4 is 11.6 Å². The van der Waals surface area contributed by atoms with E-state index in [0.717, 1.165) is 24.2 Å². The van der Waals surface area contributed by atoms with E-state index in [2.05, 4.69) is 22.5 Å². The zero-order valence-electron chi connectivity index (χ0n) is 12.0. The average Bonchev–Trinajstić information content (AvgIpc) is 3.32. The Bertz CT molecular complexity index is 623. The molecule has 0 aliphatic heterocycles. The number of carbonyl (C=O) groups excluding carboxylic acids is 1. The highest BCUT2D eigenvalue weighted by molar-refractivity contribution is 5.95. The highest BCUT2D eigenvalue weighted by atomic mass is 16.1. The van der Waals surface area contributed by atoms with Gasteiger partial charge in [0.05, 0.1) is 11.7 Å². The minimum absolute atomic E-state index is 0.00615. The molecule has 1 saturated carbocycles.